The Bertz CT molecular complexity index is 533. The summed E-state index contributed by atoms with van der Waals surface area (Å²) in [6, 6.07) is 8.97. The number of aliphatic hydroxyl groups excluding tert-OH is 1. The van der Waals surface area contributed by atoms with Gasteiger partial charge in [-0.3, -0.25) is 0 Å². The summed E-state index contributed by atoms with van der Waals surface area (Å²) < 4.78 is 1.86. The fourth-order valence-corrected chi connectivity index (χ4v) is 1.36. The van der Waals surface area contributed by atoms with Gasteiger partial charge in [0.2, 0.25) is 0 Å². The molecule has 0 aliphatic heterocycles. The van der Waals surface area contributed by atoms with E-state index < -0.39 is 0 Å². The minimum absolute atomic E-state index is 0.0281. The molecule has 1 aromatic carbocycles. The molecule has 1 heterocycles. The molecule has 0 amide bonds. The first-order chi connectivity index (χ1) is 7.81. The van der Waals surface area contributed by atoms with Crippen LogP contribution < -0.4 is 0 Å². The largest absolute Gasteiger partial charge is 0.507 e. The van der Waals surface area contributed by atoms with Crippen molar-refractivity contribution in [3.63, 3.8) is 0 Å². The second-order valence-electron chi connectivity index (χ2n) is 3.18. The quantitative estimate of drug-likeness (QED) is 0.612. The zero-order chi connectivity index (χ0) is 11.4. The van der Waals surface area contributed by atoms with Gasteiger partial charge in [0.15, 0.2) is 0 Å². The number of imidazole rings is 1. The third-order valence-electron chi connectivity index (χ3n) is 2.17. The third-order valence-corrected chi connectivity index (χ3v) is 2.17. The van der Waals surface area contributed by atoms with E-state index in [1.165, 1.54) is 0 Å². The molecule has 0 unspecified atom stereocenters. The van der Waals surface area contributed by atoms with E-state index in [1.54, 1.807) is 30.7 Å². The molecular formula is C12H9N3O. The summed E-state index contributed by atoms with van der Waals surface area (Å²) in [5.74, 6) is -0.0281. The van der Waals surface area contributed by atoms with Crippen LogP contribution in [0.15, 0.2) is 49.1 Å². The predicted molar refractivity (Wildman–Crippen MR) is 59.8 cm³/mol. The zero-order valence-corrected chi connectivity index (χ0v) is 8.41. The van der Waals surface area contributed by atoms with Gasteiger partial charge in [-0.15, -0.1) is 0 Å². The highest BCUT2D eigenvalue weighted by Gasteiger charge is 1.99. The summed E-state index contributed by atoms with van der Waals surface area (Å²) in [7, 11) is 0. The first-order valence-corrected chi connectivity index (χ1v) is 4.69. The van der Waals surface area contributed by atoms with Crippen molar-refractivity contribution in [2.45, 2.75) is 0 Å². The molecule has 0 aliphatic rings. The van der Waals surface area contributed by atoms with Crippen LogP contribution >= 0.6 is 0 Å². The van der Waals surface area contributed by atoms with E-state index in [0.717, 1.165) is 11.8 Å². The summed E-state index contributed by atoms with van der Waals surface area (Å²) in [6.07, 6.45) is 6.33. The number of rotatable bonds is 2. The van der Waals surface area contributed by atoms with Crippen LogP contribution in [0.3, 0.4) is 0 Å². The number of nitrogens with zero attached hydrogens (tertiary/aromatic N) is 3. The van der Waals surface area contributed by atoms with Crippen molar-refractivity contribution in [3.8, 4) is 11.8 Å². The van der Waals surface area contributed by atoms with Crippen LogP contribution in [0.5, 0.6) is 0 Å². The van der Waals surface area contributed by atoms with E-state index >= 15 is 0 Å². The minimum atomic E-state index is -0.0281. The van der Waals surface area contributed by atoms with Crippen molar-refractivity contribution in [2.75, 3.05) is 0 Å². The van der Waals surface area contributed by atoms with Gasteiger partial charge in [0.1, 0.15) is 5.76 Å². The van der Waals surface area contributed by atoms with Crippen LogP contribution in [0.1, 0.15) is 5.56 Å². The molecule has 0 atom stereocenters. The summed E-state index contributed by atoms with van der Waals surface area (Å²) in [5.41, 5.74) is 1.57. The Morgan fingerprint density at radius 1 is 1.38 bits per heavy atom. The lowest BCUT2D eigenvalue weighted by Crippen LogP contribution is -1.90. The third kappa shape index (κ3) is 1.93. The van der Waals surface area contributed by atoms with Crippen LogP contribution in [-0.2, 0) is 0 Å². The van der Waals surface area contributed by atoms with Crippen molar-refractivity contribution in [3.05, 3.63) is 54.6 Å². The van der Waals surface area contributed by atoms with Gasteiger partial charge in [-0.1, -0.05) is 0 Å². The van der Waals surface area contributed by atoms with Gasteiger partial charge in [-0.2, -0.15) is 5.26 Å². The number of nitriles is 1. The maximum atomic E-state index is 9.46. The Labute approximate surface area is 92.7 Å². The zero-order valence-electron chi connectivity index (χ0n) is 8.41. The van der Waals surface area contributed by atoms with Gasteiger partial charge in [-0.25, -0.2) is 4.98 Å². The van der Waals surface area contributed by atoms with Crippen molar-refractivity contribution in [2.24, 2.45) is 0 Å². The molecule has 1 aromatic heterocycles. The molecule has 16 heavy (non-hydrogen) atoms. The van der Waals surface area contributed by atoms with Crippen molar-refractivity contribution >= 4 is 5.76 Å². The molecule has 0 radical (unpaired) electrons. The summed E-state index contributed by atoms with van der Waals surface area (Å²) in [5, 5.41) is 17.9. The van der Waals surface area contributed by atoms with E-state index in [9.17, 15) is 5.11 Å². The highest BCUT2D eigenvalue weighted by molar-refractivity contribution is 5.61. The average Bonchev–Trinajstić information content (AvgIpc) is 2.83. The van der Waals surface area contributed by atoms with Gasteiger partial charge < -0.3 is 9.67 Å². The average molecular weight is 211 g/mol. The van der Waals surface area contributed by atoms with Gasteiger partial charge >= 0.3 is 0 Å². The molecule has 0 fully saturated rings. The van der Waals surface area contributed by atoms with E-state index in [-0.39, 0.29) is 5.76 Å². The SMILES string of the molecule is N#CC=C(O)c1ccc(-n2ccnc2)cc1. The first kappa shape index (κ1) is 9.99. The van der Waals surface area contributed by atoms with Gasteiger partial charge in [0.05, 0.1) is 18.5 Å². The summed E-state index contributed by atoms with van der Waals surface area (Å²) in [4.78, 5) is 3.94. The van der Waals surface area contributed by atoms with Crippen LogP contribution in [0.4, 0.5) is 0 Å². The molecule has 0 aliphatic carbocycles. The van der Waals surface area contributed by atoms with E-state index in [4.69, 9.17) is 5.26 Å². The maximum absolute atomic E-state index is 9.46. The van der Waals surface area contributed by atoms with Gasteiger partial charge in [0.25, 0.3) is 0 Å². The predicted octanol–water partition coefficient (Wildman–Crippen LogP) is 2.29. The lowest BCUT2D eigenvalue weighted by molar-refractivity contribution is 0.512. The molecule has 2 rings (SSSR count). The monoisotopic (exact) mass is 211 g/mol. The summed E-state index contributed by atoms with van der Waals surface area (Å²) >= 11 is 0. The molecule has 0 saturated carbocycles. The highest BCUT2D eigenvalue weighted by atomic mass is 16.3. The Hall–Kier alpha value is -2.54. The fourth-order valence-electron chi connectivity index (χ4n) is 1.36. The smallest absolute Gasteiger partial charge is 0.133 e. The second kappa shape index (κ2) is 4.32. The lowest BCUT2D eigenvalue weighted by Gasteiger charge is -2.03. The van der Waals surface area contributed by atoms with Crippen LogP contribution in [0, 0.1) is 11.3 Å². The van der Waals surface area contributed by atoms with Crippen molar-refractivity contribution in [1.82, 2.24) is 9.55 Å². The molecule has 4 nitrogen and oxygen atoms in total. The molecule has 0 spiro atoms. The van der Waals surface area contributed by atoms with Crippen molar-refractivity contribution < 1.29 is 5.11 Å². The number of aliphatic hydroxyl groups is 1. The number of hydrogen-bond donors (Lipinski definition) is 1. The molecule has 4 heteroatoms. The van der Waals surface area contributed by atoms with Crippen LogP contribution in [0.2, 0.25) is 0 Å². The standard InChI is InChI=1S/C12H9N3O/c13-6-5-12(16)10-1-3-11(4-2-10)15-8-7-14-9-15/h1-5,7-9,16H. The maximum Gasteiger partial charge on any atom is 0.133 e. The van der Waals surface area contributed by atoms with Crippen LogP contribution in [-0.4, -0.2) is 14.7 Å². The Kier molecular flexibility index (Phi) is 2.70. The van der Waals surface area contributed by atoms with Crippen molar-refractivity contribution in [1.29, 1.82) is 5.26 Å². The van der Waals surface area contributed by atoms with E-state index in [1.807, 2.05) is 22.9 Å². The fraction of sp³-hybridized carbons (Fsp3) is 0. The Morgan fingerprint density at radius 3 is 2.69 bits per heavy atom. The molecular weight excluding hydrogens is 202 g/mol. The van der Waals surface area contributed by atoms with Gasteiger partial charge in [0, 0.05) is 23.6 Å². The number of aromatic nitrogens is 2. The number of benzene rings is 1. The minimum Gasteiger partial charge on any atom is -0.507 e. The molecule has 1 N–H and O–H groups in total. The molecule has 78 valence electrons. The Balaban J connectivity index is 2.31. The topological polar surface area (TPSA) is 61.8 Å². The molecule has 0 bridgehead atoms. The van der Waals surface area contributed by atoms with Crippen LogP contribution in [0.25, 0.3) is 11.4 Å². The van der Waals surface area contributed by atoms with E-state index in [0.29, 0.717) is 5.56 Å². The number of hydrogen-bond acceptors (Lipinski definition) is 3. The summed E-state index contributed by atoms with van der Waals surface area (Å²) in [6.45, 7) is 0. The number of allylic oxidation sites excluding steroid dienone is 1. The second-order valence-corrected chi connectivity index (χ2v) is 3.18. The lowest BCUT2D eigenvalue weighted by atomic mass is 10.1. The Morgan fingerprint density at radius 2 is 2.12 bits per heavy atom. The molecule has 2 aromatic rings. The molecule has 0 saturated heterocycles. The van der Waals surface area contributed by atoms with Gasteiger partial charge in [-0.05, 0) is 24.3 Å². The highest BCUT2D eigenvalue weighted by Crippen LogP contribution is 2.14. The first-order valence-electron chi connectivity index (χ1n) is 4.69. The van der Waals surface area contributed by atoms with E-state index in [2.05, 4.69) is 4.98 Å². The normalized spacial score (nSPS) is 11.1.